The van der Waals surface area contributed by atoms with E-state index in [4.69, 9.17) is 9.26 Å². The molecule has 0 radical (unpaired) electrons. The summed E-state index contributed by atoms with van der Waals surface area (Å²) in [7, 11) is 1.51. The molecule has 9 heteroatoms. The highest BCUT2D eigenvalue weighted by molar-refractivity contribution is 5.91. The molecule has 0 spiro atoms. The van der Waals surface area contributed by atoms with Gasteiger partial charge in [-0.15, -0.1) is 12.4 Å². The van der Waals surface area contributed by atoms with Crippen molar-refractivity contribution >= 4 is 24.4 Å². The number of hydrogen-bond acceptors (Lipinski definition) is 6. The topological polar surface area (TPSA) is 105 Å². The van der Waals surface area contributed by atoms with Crippen LogP contribution in [0.5, 0.6) is 0 Å². The zero-order valence-electron chi connectivity index (χ0n) is 14.7. The molecular weight excluding hydrogens is 348 g/mol. The van der Waals surface area contributed by atoms with Gasteiger partial charge in [-0.05, 0) is 37.8 Å². The smallest absolute Gasteiger partial charge is 0.407 e. The van der Waals surface area contributed by atoms with Gasteiger partial charge in [0, 0.05) is 13.1 Å². The Morgan fingerprint density at radius 3 is 2.76 bits per heavy atom. The first-order chi connectivity index (χ1) is 11.6. The van der Waals surface area contributed by atoms with E-state index >= 15 is 0 Å². The van der Waals surface area contributed by atoms with Crippen molar-refractivity contribution < 1.29 is 18.8 Å². The van der Waals surface area contributed by atoms with Gasteiger partial charge in [-0.1, -0.05) is 18.5 Å². The molecule has 1 saturated heterocycles. The molecule has 2 rings (SSSR count). The van der Waals surface area contributed by atoms with Gasteiger partial charge in [0.25, 0.3) is 5.91 Å². The van der Waals surface area contributed by atoms with Crippen LogP contribution in [0.3, 0.4) is 0 Å². The molecule has 8 nitrogen and oxygen atoms in total. The van der Waals surface area contributed by atoms with E-state index in [0.717, 1.165) is 38.8 Å². The Balaban J connectivity index is 0.00000312. The Morgan fingerprint density at radius 1 is 1.40 bits per heavy atom. The van der Waals surface area contributed by atoms with Gasteiger partial charge >= 0.3 is 6.09 Å². The number of piperidine rings is 1. The first-order valence-electron chi connectivity index (χ1n) is 8.37. The van der Waals surface area contributed by atoms with Crippen LogP contribution in [0.25, 0.3) is 0 Å². The van der Waals surface area contributed by atoms with Crippen LogP contribution in [0.4, 0.5) is 4.79 Å². The van der Waals surface area contributed by atoms with Crippen LogP contribution in [0.2, 0.25) is 0 Å². The van der Waals surface area contributed by atoms with Crippen molar-refractivity contribution in [2.45, 2.75) is 39.2 Å². The number of carbonyl (C=O) groups excluding carboxylic acids is 2. The first kappa shape index (κ1) is 21.2. The molecule has 1 aromatic heterocycles. The third-order valence-corrected chi connectivity index (χ3v) is 4.71. The van der Waals surface area contributed by atoms with Gasteiger partial charge in [0.15, 0.2) is 11.5 Å². The number of aromatic nitrogens is 1. The van der Waals surface area contributed by atoms with E-state index in [1.165, 1.54) is 13.1 Å². The van der Waals surface area contributed by atoms with Crippen molar-refractivity contribution in [3.63, 3.8) is 0 Å². The minimum atomic E-state index is -0.493. The average molecular weight is 375 g/mol. The van der Waals surface area contributed by atoms with E-state index in [0.29, 0.717) is 12.4 Å². The second-order valence-corrected chi connectivity index (χ2v) is 6.10. The van der Waals surface area contributed by atoms with E-state index < -0.39 is 6.09 Å². The third kappa shape index (κ3) is 6.21. The Bertz CT molecular complexity index is 558. The molecule has 1 aliphatic rings. The molecule has 25 heavy (non-hydrogen) atoms. The van der Waals surface area contributed by atoms with Crippen LogP contribution in [0.15, 0.2) is 10.6 Å². The van der Waals surface area contributed by atoms with Crippen molar-refractivity contribution in [3.8, 4) is 0 Å². The maximum absolute atomic E-state index is 11.8. The second-order valence-electron chi connectivity index (χ2n) is 6.10. The van der Waals surface area contributed by atoms with Gasteiger partial charge < -0.3 is 25.2 Å². The molecule has 1 aliphatic heterocycles. The zero-order chi connectivity index (χ0) is 17.4. The van der Waals surface area contributed by atoms with Gasteiger partial charge in [-0.25, -0.2) is 4.79 Å². The molecule has 0 aromatic carbocycles. The van der Waals surface area contributed by atoms with Crippen molar-refractivity contribution in [2.75, 3.05) is 26.7 Å². The Hall–Kier alpha value is -1.80. The lowest BCUT2D eigenvalue weighted by Gasteiger charge is -2.36. The standard InChI is InChI=1S/C16H26N4O4.ClH/c1-3-16(4-7-18-8-5-16)6-9-23-15(22)19-11-12-10-13(20-24-12)14(21)17-2;/h10,18H,3-9,11H2,1-2H3,(H,17,21)(H,19,22);1H. The lowest BCUT2D eigenvalue weighted by molar-refractivity contribution is 0.0951. The van der Waals surface area contributed by atoms with Crippen LogP contribution in [-0.4, -0.2) is 43.9 Å². The highest BCUT2D eigenvalue weighted by atomic mass is 35.5. The van der Waals surface area contributed by atoms with Crippen LogP contribution in [0.1, 0.15) is 48.9 Å². The van der Waals surface area contributed by atoms with E-state index in [-0.39, 0.29) is 36.0 Å². The Labute approximate surface area is 153 Å². The van der Waals surface area contributed by atoms with Crippen molar-refractivity contribution in [1.82, 2.24) is 21.1 Å². The number of alkyl carbamates (subject to hydrolysis) is 1. The molecule has 0 bridgehead atoms. The number of hydrogen-bond donors (Lipinski definition) is 3. The van der Waals surface area contributed by atoms with E-state index in [1.54, 1.807) is 0 Å². The van der Waals surface area contributed by atoms with Gasteiger partial charge in [0.1, 0.15) is 0 Å². The highest BCUT2D eigenvalue weighted by Crippen LogP contribution is 2.35. The molecule has 0 unspecified atom stereocenters. The molecule has 0 aliphatic carbocycles. The van der Waals surface area contributed by atoms with E-state index in [9.17, 15) is 9.59 Å². The molecule has 3 N–H and O–H groups in total. The van der Waals surface area contributed by atoms with Gasteiger partial charge in [-0.2, -0.15) is 0 Å². The molecule has 0 atom stereocenters. The summed E-state index contributed by atoms with van der Waals surface area (Å²) < 4.78 is 10.2. The zero-order valence-corrected chi connectivity index (χ0v) is 15.5. The largest absolute Gasteiger partial charge is 0.450 e. The number of nitrogens with one attached hydrogen (secondary N) is 3. The Kier molecular flexibility index (Phi) is 8.71. The number of halogens is 1. The van der Waals surface area contributed by atoms with Gasteiger partial charge in [0.05, 0.1) is 13.2 Å². The highest BCUT2D eigenvalue weighted by Gasteiger charge is 2.30. The van der Waals surface area contributed by atoms with Crippen molar-refractivity contribution in [2.24, 2.45) is 5.41 Å². The quantitative estimate of drug-likeness (QED) is 0.672. The summed E-state index contributed by atoms with van der Waals surface area (Å²) in [6.45, 7) is 4.78. The predicted octanol–water partition coefficient (Wildman–Crippen LogP) is 1.85. The molecule has 2 amide bonds. The average Bonchev–Trinajstić information content (AvgIpc) is 3.09. The molecule has 2 heterocycles. The normalized spacial score (nSPS) is 15.8. The number of nitrogens with zero attached hydrogens (tertiary/aromatic N) is 1. The summed E-state index contributed by atoms with van der Waals surface area (Å²) in [4.78, 5) is 23.1. The maximum Gasteiger partial charge on any atom is 0.407 e. The van der Waals surface area contributed by atoms with Gasteiger partial charge in [-0.3, -0.25) is 4.79 Å². The minimum absolute atomic E-state index is 0. The van der Waals surface area contributed by atoms with Gasteiger partial charge in [0.2, 0.25) is 0 Å². The number of amides is 2. The first-order valence-corrected chi connectivity index (χ1v) is 8.37. The number of carbonyl (C=O) groups is 2. The summed E-state index contributed by atoms with van der Waals surface area (Å²) in [6.07, 6.45) is 3.72. The molecule has 142 valence electrons. The summed E-state index contributed by atoms with van der Waals surface area (Å²) >= 11 is 0. The molecule has 1 aromatic rings. The fraction of sp³-hybridized carbons (Fsp3) is 0.688. The van der Waals surface area contributed by atoms with Crippen molar-refractivity contribution in [1.29, 1.82) is 0 Å². The fourth-order valence-corrected chi connectivity index (χ4v) is 2.94. The van der Waals surface area contributed by atoms with Crippen LogP contribution < -0.4 is 16.0 Å². The lowest BCUT2D eigenvalue weighted by Crippen LogP contribution is -2.37. The fourth-order valence-electron chi connectivity index (χ4n) is 2.94. The summed E-state index contributed by atoms with van der Waals surface area (Å²) in [5.74, 6) is 0.0633. The molecular formula is C16H27ClN4O4. The monoisotopic (exact) mass is 374 g/mol. The summed E-state index contributed by atoms with van der Waals surface area (Å²) in [5, 5.41) is 12.0. The minimum Gasteiger partial charge on any atom is -0.450 e. The van der Waals surface area contributed by atoms with Crippen molar-refractivity contribution in [3.05, 3.63) is 17.5 Å². The van der Waals surface area contributed by atoms with E-state index in [2.05, 4.69) is 28.0 Å². The Morgan fingerprint density at radius 2 is 2.12 bits per heavy atom. The molecule has 0 saturated carbocycles. The second kappa shape index (κ2) is 10.2. The SMILES string of the molecule is CCC1(CCOC(=O)NCc2cc(C(=O)NC)no2)CCNCC1.Cl. The maximum atomic E-state index is 11.8. The number of rotatable bonds is 7. The van der Waals surface area contributed by atoms with Crippen LogP contribution in [-0.2, 0) is 11.3 Å². The van der Waals surface area contributed by atoms with E-state index in [1.807, 2.05) is 0 Å². The molecule has 1 fully saturated rings. The summed E-state index contributed by atoms with van der Waals surface area (Å²) in [6, 6.07) is 1.49. The number of ether oxygens (including phenoxy) is 1. The predicted molar refractivity (Wildman–Crippen MR) is 94.8 cm³/mol. The van der Waals surface area contributed by atoms with Crippen LogP contribution >= 0.6 is 12.4 Å². The lowest BCUT2D eigenvalue weighted by atomic mass is 9.74. The van der Waals surface area contributed by atoms with Crippen LogP contribution in [0, 0.1) is 5.41 Å². The third-order valence-electron chi connectivity index (χ3n) is 4.71. The summed E-state index contributed by atoms with van der Waals surface area (Å²) in [5.41, 5.74) is 0.456.